The molecule has 0 aliphatic heterocycles. The smallest absolute Gasteiger partial charge is 0.350 e. The van der Waals surface area contributed by atoms with Gasteiger partial charge in [-0.25, -0.2) is 14.5 Å². The number of aromatic nitrogens is 3. The highest BCUT2D eigenvalue weighted by molar-refractivity contribution is 9.10. The minimum absolute atomic E-state index is 0.251. The van der Waals surface area contributed by atoms with Crippen LogP contribution in [0.15, 0.2) is 45.7 Å². The van der Waals surface area contributed by atoms with Crippen LogP contribution in [0.5, 0.6) is 0 Å². The second-order valence-corrected chi connectivity index (χ2v) is 7.84. The van der Waals surface area contributed by atoms with Gasteiger partial charge in [-0.1, -0.05) is 39.4 Å². The monoisotopic (exact) mass is 476 g/mol. The van der Waals surface area contributed by atoms with Gasteiger partial charge in [0.15, 0.2) is 5.13 Å². The Kier molecular flexibility index (Phi) is 6.55. The van der Waals surface area contributed by atoms with E-state index in [0.717, 1.165) is 26.1 Å². The largest absolute Gasteiger partial charge is 0.462 e. The molecule has 8 nitrogen and oxygen atoms in total. The van der Waals surface area contributed by atoms with Gasteiger partial charge in [0.05, 0.1) is 18.0 Å². The first-order valence-corrected chi connectivity index (χ1v) is 10.3. The molecule has 10 heteroatoms. The van der Waals surface area contributed by atoms with Gasteiger partial charge in [-0.2, -0.15) is 5.10 Å². The summed E-state index contributed by atoms with van der Waals surface area (Å²) in [4.78, 5) is 40.9. The molecule has 0 saturated heterocycles. The number of hydrogen-bond donors (Lipinski definition) is 1. The molecule has 0 bridgehead atoms. The number of carbonyl (C=O) groups is 2. The fraction of sp³-hybridized carbons (Fsp3) is 0.211. The number of ether oxygens (including phenoxy) is 1. The lowest BCUT2D eigenvalue weighted by atomic mass is 10.1. The van der Waals surface area contributed by atoms with E-state index < -0.39 is 17.4 Å². The average molecular weight is 477 g/mol. The van der Waals surface area contributed by atoms with Crippen LogP contribution >= 0.6 is 27.3 Å². The van der Waals surface area contributed by atoms with Crippen LogP contribution in [-0.4, -0.2) is 33.2 Å². The van der Waals surface area contributed by atoms with Gasteiger partial charge in [-0.3, -0.25) is 9.59 Å². The van der Waals surface area contributed by atoms with Gasteiger partial charge in [0.2, 0.25) is 5.91 Å². The number of hydrogen-bond acceptors (Lipinski definition) is 7. The molecule has 1 amide bonds. The summed E-state index contributed by atoms with van der Waals surface area (Å²) in [5, 5.41) is 7.13. The summed E-state index contributed by atoms with van der Waals surface area (Å²) in [5.41, 5.74) is 1.44. The molecule has 0 aliphatic carbocycles. The van der Waals surface area contributed by atoms with Gasteiger partial charge >= 0.3 is 5.97 Å². The number of carbonyl (C=O) groups excluding carboxylic acids is 2. The third kappa shape index (κ3) is 5.15. The topological polar surface area (TPSA) is 103 Å². The highest BCUT2D eigenvalue weighted by Crippen LogP contribution is 2.23. The Hall–Kier alpha value is -2.85. The molecule has 0 spiro atoms. The number of nitrogens with one attached hydrogen (secondary N) is 1. The number of thiazole rings is 1. The van der Waals surface area contributed by atoms with Gasteiger partial charge in [0.25, 0.3) is 5.56 Å². The molecule has 0 aliphatic rings. The molecule has 150 valence electrons. The molecule has 2 aromatic heterocycles. The van der Waals surface area contributed by atoms with Crippen molar-refractivity contribution < 1.29 is 14.3 Å². The molecular weight excluding hydrogens is 460 g/mol. The Bertz CT molecular complexity index is 1130. The maximum absolute atomic E-state index is 12.4. The first-order valence-electron chi connectivity index (χ1n) is 8.66. The zero-order valence-corrected chi connectivity index (χ0v) is 18.0. The first-order chi connectivity index (χ1) is 13.9. The third-order valence-corrected chi connectivity index (χ3v) is 5.33. The molecule has 0 unspecified atom stereocenters. The molecule has 1 aromatic carbocycles. The molecule has 0 fully saturated rings. The van der Waals surface area contributed by atoms with Crippen molar-refractivity contribution in [1.29, 1.82) is 0 Å². The number of amides is 1. The number of rotatable bonds is 6. The SMILES string of the molecule is CCOC(=O)c1sc(NC(=O)Cn2nc(-c3cccc(Br)c3)ccc2=O)nc1C. The molecule has 1 N–H and O–H groups in total. The highest BCUT2D eigenvalue weighted by atomic mass is 79.9. The van der Waals surface area contributed by atoms with Crippen molar-refractivity contribution in [3.05, 3.63) is 61.8 Å². The lowest BCUT2D eigenvalue weighted by Gasteiger charge is -2.07. The molecule has 0 saturated carbocycles. The van der Waals surface area contributed by atoms with E-state index in [1.165, 1.54) is 6.07 Å². The predicted molar refractivity (Wildman–Crippen MR) is 113 cm³/mol. The van der Waals surface area contributed by atoms with Crippen LogP contribution in [0.4, 0.5) is 5.13 Å². The standard InChI is InChI=1S/C19H17BrN4O4S/c1-3-28-18(27)17-11(2)21-19(29-17)22-15(25)10-24-16(26)8-7-14(23-24)12-5-4-6-13(20)9-12/h4-9H,3,10H2,1-2H3,(H,21,22,25). The second kappa shape index (κ2) is 9.10. The van der Waals surface area contributed by atoms with E-state index in [-0.39, 0.29) is 18.3 Å². The Balaban J connectivity index is 1.76. The Morgan fingerprint density at radius 2 is 2.07 bits per heavy atom. The molecule has 2 heterocycles. The molecule has 3 aromatic rings. The zero-order valence-electron chi connectivity index (χ0n) is 15.6. The van der Waals surface area contributed by atoms with Crippen molar-refractivity contribution in [1.82, 2.24) is 14.8 Å². The summed E-state index contributed by atoms with van der Waals surface area (Å²) in [6.07, 6.45) is 0. The van der Waals surface area contributed by atoms with Crippen molar-refractivity contribution in [2.45, 2.75) is 20.4 Å². The lowest BCUT2D eigenvalue weighted by Crippen LogP contribution is -2.29. The predicted octanol–water partition coefficient (Wildman–Crippen LogP) is 3.25. The molecule has 0 atom stereocenters. The number of anilines is 1. The van der Waals surface area contributed by atoms with E-state index in [4.69, 9.17) is 4.74 Å². The van der Waals surface area contributed by atoms with Crippen molar-refractivity contribution in [2.75, 3.05) is 11.9 Å². The van der Waals surface area contributed by atoms with Crippen LogP contribution in [0.1, 0.15) is 22.3 Å². The number of benzene rings is 1. The summed E-state index contributed by atoms with van der Waals surface area (Å²) >= 11 is 4.42. The highest BCUT2D eigenvalue weighted by Gasteiger charge is 2.18. The zero-order chi connectivity index (χ0) is 21.0. The normalized spacial score (nSPS) is 10.6. The average Bonchev–Trinajstić information content (AvgIpc) is 3.03. The maximum Gasteiger partial charge on any atom is 0.350 e. The van der Waals surface area contributed by atoms with Crippen LogP contribution in [0.3, 0.4) is 0 Å². The van der Waals surface area contributed by atoms with E-state index in [1.807, 2.05) is 24.3 Å². The van der Waals surface area contributed by atoms with Crippen LogP contribution < -0.4 is 10.9 Å². The number of nitrogens with zero attached hydrogens (tertiary/aromatic N) is 3. The summed E-state index contributed by atoms with van der Waals surface area (Å²) in [6.45, 7) is 3.34. The van der Waals surface area contributed by atoms with E-state index in [2.05, 4.69) is 31.3 Å². The molecule has 3 rings (SSSR count). The summed E-state index contributed by atoms with van der Waals surface area (Å²) in [7, 11) is 0. The van der Waals surface area contributed by atoms with E-state index in [9.17, 15) is 14.4 Å². The third-order valence-electron chi connectivity index (χ3n) is 3.78. The minimum atomic E-state index is -0.484. The quantitative estimate of drug-likeness (QED) is 0.547. The van der Waals surface area contributed by atoms with Crippen LogP contribution in [0.25, 0.3) is 11.3 Å². The van der Waals surface area contributed by atoms with Gasteiger partial charge in [0, 0.05) is 16.1 Å². The maximum atomic E-state index is 12.4. The lowest BCUT2D eigenvalue weighted by molar-refractivity contribution is -0.117. The van der Waals surface area contributed by atoms with Crippen molar-refractivity contribution in [2.24, 2.45) is 0 Å². The van der Waals surface area contributed by atoms with Crippen molar-refractivity contribution >= 4 is 44.3 Å². The number of aryl methyl sites for hydroxylation is 1. The van der Waals surface area contributed by atoms with E-state index in [0.29, 0.717) is 16.3 Å². The van der Waals surface area contributed by atoms with Crippen molar-refractivity contribution in [3.8, 4) is 11.3 Å². The summed E-state index contributed by atoms with van der Waals surface area (Å²) in [5.74, 6) is -0.960. The number of halogens is 1. The Morgan fingerprint density at radius 1 is 1.28 bits per heavy atom. The Morgan fingerprint density at radius 3 is 2.79 bits per heavy atom. The molecule has 0 radical (unpaired) electrons. The van der Waals surface area contributed by atoms with Gasteiger partial charge < -0.3 is 10.1 Å². The Labute approximate surface area is 178 Å². The van der Waals surface area contributed by atoms with Crippen molar-refractivity contribution in [3.63, 3.8) is 0 Å². The fourth-order valence-corrected chi connectivity index (χ4v) is 3.77. The van der Waals surface area contributed by atoms with E-state index in [1.54, 1.807) is 19.9 Å². The van der Waals surface area contributed by atoms with Crippen LogP contribution in [-0.2, 0) is 16.1 Å². The summed E-state index contributed by atoms with van der Waals surface area (Å²) in [6, 6.07) is 10.4. The molecule has 29 heavy (non-hydrogen) atoms. The van der Waals surface area contributed by atoms with Gasteiger partial charge in [-0.15, -0.1) is 0 Å². The van der Waals surface area contributed by atoms with Crippen LogP contribution in [0.2, 0.25) is 0 Å². The summed E-state index contributed by atoms with van der Waals surface area (Å²) < 4.78 is 6.92. The van der Waals surface area contributed by atoms with Gasteiger partial charge in [0.1, 0.15) is 11.4 Å². The second-order valence-electron chi connectivity index (χ2n) is 5.93. The fourth-order valence-electron chi connectivity index (χ4n) is 2.49. The molecular formula is C19H17BrN4O4S. The van der Waals surface area contributed by atoms with Gasteiger partial charge in [-0.05, 0) is 32.0 Å². The van der Waals surface area contributed by atoms with Crippen LogP contribution in [0, 0.1) is 6.92 Å². The minimum Gasteiger partial charge on any atom is -0.462 e. The van der Waals surface area contributed by atoms with E-state index >= 15 is 0 Å². The first kappa shape index (κ1) is 20.9. The number of esters is 1.